The van der Waals surface area contributed by atoms with Crippen LogP contribution in [-0.2, 0) is 11.8 Å². The van der Waals surface area contributed by atoms with E-state index in [1.807, 2.05) is 24.3 Å². The molecule has 284 valence electrons. The van der Waals surface area contributed by atoms with E-state index in [-0.39, 0.29) is 5.41 Å². The average molecular weight is 768 g/mol. The highest BCUT2D eigenvalue weighted by Gasteiger charge is 2.41. The third kappa shape index (κ3) is 5.22. The van der Waals surface area contributed by atoms with Crippen LogP contribution >= 0.6 is 0 Å². The van der Waals surface area contributed by atoms with Crippen molar-refractivity contribution >= 4 is 38.5 Å². The van der Waals surface area contributed by atoms with Gasteiger partial charge in [0.25, 0.3) is 0 Å². The van der Waals surface area contributed by atoms with Gasteiger partial charge in [0, 0.05) is 38.9 Å². The second-order valence-electron chi connectivity index (χ2n) is 16.8. The van der Waals surface area contributed by atoms with Crippen LogP contribution in [0.1, 0.15) is 42.7 Å². The van der Waals surface area contributed by atoms with Gasteiger partial charge in [0.1, 0.15) is 0 Å². The molecule has 0 bridgehead atoms. The molecular formula is C57H41N3. The topological polar surface area (TPSA) is 30.7 Å². The largest absolute Gasteiger partial charge is 0.309 e. The van der Waals surface area contributed by atoms with E-state index < -0.39 is 0 Å². The summed E-state index contributed by atoms with van der Waals surface area (Å²) in [5.41, 5.74) is 17.8. The summed E-state index contributed by atoms with van der Waals surface area (Å²) in [4.78, 5) is 10.2. The fourth-order valence-electron chi connectivity index (χ4n) is 10.4. The molecule has 2 aromatic heterocycles. The van der Waals surface area contributed by atoms with Crippen molar-refractivity contribution in [2.75, 3.05) is 0 Å². The van der Waals surface area contributed by atoms with Crippen molar-refractivity contribution in [3.8, 4) is 61.8 Å². The predicted octanol–water partition coefficient (Wildman–Crippen LogP) is 14.7. The molecule has 0 amide bonds. The van der Waals surface area contributed by atoms with Crippen molar-refractivity contribution in [2.24, 2.45) is 0 Å². The number of nitrogens with zero attached hydrogens (tertiary/aromatic N) is 3. The lowest BCUT2D eigenvalue weighted by Crippen LogP contribution is -2.17. The molecule has 60 heavy (non-hydrogen) atoms. The van der Waals surface area contributed by atoms with Crippen LogP contribution in [0.2, 0.25) is 0 Å². The number of hydrogen-bond acceptors (Lipinski definition) is 2. The predicted molar refractivity (Wildman–Crippen MR) is 251 cm³/mol. The van der Waals surface area contributed by atoms with Gasteiger partial charge in [-0.1, -0.05) is 172 Å². The average Bonchev–Trinajstić information content (AvgIpc) is 3.78. The molecule has 0 saturated heterocycles. The molecule has 0 aliphatic heterocycles. The summed E-state index contributed by atoms with van der Waals surface area (Å²) in [5.74, 6) is 0.718. The maximum atomic E-state index is 5.15. The van der Waals surface area contributed by atoms with Crippen molar-refractivity contribution in [2.45, 2.75) is 32.1 Å². The van der Waals surface area contributed by atoms with E-state index in [0.717, 1.165) is 57.9 Å². The van der Waals surface area contributed by atoms with Gasteiger partial charge in [0.2, 0.25) is 0 Å². The third-order valence-electron chi connectivity index (χ3n) is 13.0. The number of allylic oxidation sites excluding steroid dienone is 1. The van der Waals surface area contributed by atoms with Gasteiger partial charge in [-0.2, -0.15) is 0 Å². The minimum absolute atomic E-state index is 0.239. The minimum atomic E-state index is -0.239. The van der Waals surface area contributed by atoms with Crippen LogP contribution in [0.4, 0.5) is 0 Å². The number of benzene rings is 8. The zero-order chi connectivity index (χ0) is 40.0. The van der Waals surface area contributed by atoms with Crippen molar-refractivity contribution in [3.63, 3.8) is 0 Å². The maximum absolute atomic E-state index is 5.15. The van der Waals surface area contributed by atoms with E-state index in [2.05, 4.69) is 182 Å². The molecule has 8 aromatic carbocycles. The number of fused-ring (bicyclic) bond motifs is 12. The van der Waals surface area contributed by atoms with E-state index in [0.29, 0.717) is 0 Å². The molecule has 2 aliphatic carbocycles. The molecule has 0 N–H and O–H groups in total. The Morgan fingerprint density at radius 3 is 1.85 bits per heavy atom. The molecule has 0 fully saturated rings. The normalized spacial score (nSPS) is 13.8. The van der Waals surface area contributed by atoms with Crippen molar-refractivity contribution < 1.29 is 0 Å². The number of rotatable bonds is 5. The third-order valence-corrected chi connectivity index (χ3v) is 13.0. The first kappa shape index (κ1) is 34.7. The molecule has 10 aromatic rings. The van der Waals surface area contributed by atoms with Gasteiger partial charge in [-0.25, -0.2) is 9.97 Å². The Labute approximate surface area is 350 Å². The van der Waals surface area contributed by atoms with Crippen molar-refractivity contribution in [1.29, 1.82) is 0 Å². The second-order valence-corrected chi connectivity index (χ2v) is 16.8. The smallest absolute Gasteiger partial charge is 0.160 e. The number of hydrogen-bond donors (Lipinski definition) is 0. The lowest BCUT2D eigenvalue weighted by Gasteiger charge is -2.25. The Bertz CT molecular complexity index is 3330. The molecule has 0 radical (unpaired) electrons. The highest BCUT2D eigenvalue weighted by molar-refractivity contribution is 6.19. The molecule has 12 rings (SSSR count). The standard InChI is InChI=1S/C57H41N3/c1-57(2)53-46-29-12-10-26-43(46)42-25-9-11-28-45(42)52(53)48-32-31-47-44-27-13-14-30-51(44)60(55(47)54(48)57)41-24-16-22-39(34-41)38-21-15-23-40(33-38)50-35-49(36-17-5-3-6-18-36)58-56(59-50)37-19-7-4-8-20-37/h3-12,14-26,28-35H,13,27H2,1-2H3. The zero-order valence-corrected chi connectivity index (χ0v) is 33.7. The highest BCUT2D eigenvalue weighted by Crippen LogP contribution is 2.57. The first-order valence-corrected chi connectivity index (χ1v) is 21.1. The monoisotopic (exact) mass is 767 g/mol. The van der Waals surface area contributed by atoms with Crippen molar-refractivity contribution in [1.82, 2.24) is 14.5 Å². The van der Waals surface area contributed by atoms with Crippen LogP contribution in [-0.4, -0.2) is 14.5 Å². The summed E-state index contributed by atoms with van der Waals surface area (Å²) in [7, 11) is 0. The molecule has 0 atom stereocenters. The fourth-order valence-corrected chi connectivity index (χ4v) is 10.4. The molecule has 2 heterocycles. The van der Waals surface area contributed by atoms with Gasteiger partial charge in [-0.15, -0.1) is 0 Å². The van der Waals surface area contributed by atoms with E-state index in [1.165, 1.54) is 71.6 Å². The molecule has 3 nitrogen and oxygen atoms in total. The first-order valence-electron chi connectivity index (χ1n) is 21.1. The Balaban J connectivity index is 1.04. The van der Waals surface area contributed by atoms with Crippen LogP contribution < -0.4 is 0 Å². The Morgan fingerprint density at radius 2 is 1.08 bits per heavy atom. The van der Waals surface area contributed by atoms with Gasteiger partial charge in [-0.05, 0) is 104 Å². The van der Waals surface area contributed by atoms with Crippen LogP contribution in [0.25, 0.3) is 100 Å². The van der Waals surface area contributed by atoms with E-state index in [1.54, 1.807) is 0 Å². The number of aryl methyl sites for hydroxylation is 1. The molecule has 0 unspecified atom stereocenters. The molecule has 3 heteroatoms. The summed E-state index contributed by atoms with van der Waals surface area (Å²) in [6.45, 7) is 4.90. The van der Waals surface area contributed by atoms with Gasteiger partial charge in [-0.3, -0.25) is 0 Å². The lowest BCUT2D eigenvalue weighted by atomic mass is 9.78. The molecular weight excluding hydrogens is 727 g/mol. The maximum Gasteiger partial charge on any atom is 0.160 e. The number of aromatic nitrogens is 3. The van der Waals surface area contributed by atoms with E-state index >= 15 is 0 Å². The molecule has 2 aliphatic rings. The Kier molecular flexibility index (Phi) is 7.71. The first-order chi connectivity index (χ1) is 29.5. The Hall–Kier alpha value is -7.36. The van der Waals surface area contributed by atoms with Crippen molar-refractivity contribution in [3.05, 3.63) is 204 Å². The van der Waals surface area contributed by atoms with Gasteiger partial charge in [0.05, 0.1) is 16.9 Å². The SMILES string of the molecule is CC1(C)c2c(c3ccccc3c3ccccc23)-c2ccc3c4c(n(-c5cccc(-c6cccc(-c7cc(-c8ccccc8)nc(-c8ccccc8)n7)c6)c5)c3c21)C=CCC4. The fraction of sp³-hybridized carbons (Fsp3) is 0.0877. The zero-order valence-electron chi connectivity index (χ0n) is 33.7. The second kappa shape index (κ2) is 13.3. The van der Waals surface area contributed by atoms with Crippen LogP contribution in [0.15, 0.2) is 182 Å². The van der Waals surface area contributed by atoms with Gasteiger partial charge < -0.3 is 4.57 Å². The van der Waals surface area contributed by atoms with Crippen LogP contribution in [0.5, 0.6) is 0 Å². The van der Waals surface area contributed by atoms with Crippen LogP contribution in [0, 0.1) is 0 Å². The Morgan fingerprint density at radius 1 is 0.483 bits per heavy atom. The minimum Gasteiger partial charge on any atom is -0.309 e. The van der Waals surface area contributed by atoms with E-state index in [4.69, 9.17) is 9.97 Å². The summed E-state index contributed by atoms with van der Waals surface area (Å²) in [5, 5.41) is 6.68. The summed E-state index contributed by atoms with van der Waals surface area (Å²) in [6.07, 6.45) is 6.80. The highest BCUT2D eigenvalue weighted by atomic mass is 15.0. The summed E-state index contributed by atoms with van der Waals surface area (Å²) in [6, 6.07) is 63.6. The van der Waals surface area contributed by atoms with E-state index in [9.17, 15) is 0 Å². The summed E-state index contributed by atoms with van der Waals surface area (Å²) >= 11 is 0. The molecule has 0 saturated carbocycles. The van der Waals surface area contributed by atoms with Gasteiger partial charge >= 0.3 is 0 Å². The summed E-state index contributed by atoms with van der Waals surface area (Å²) < 4.78 is 2.58. The molecule has 0 spiro atoms. The quantitative estimate of drug-likeness (QED) is 0.163. The van der Waals surface area contributed by atoms with Crippen LogP contribution in [0.3, 0.4) is 0 Å². The lowest BCUT2D eigenvalue weighted by molar-refractivity contribution is 0.669. The van der Waals surface area contributed by atoms with Gasteiger partial charge in [0.15, 0.2) is 5.82 Å².